The van der Waals surface area contributed by atoms with E-state index in [1.807, 2.05) is 0 Å². The van der Waals surface area contributed by atoms with Crippen LogP contribution in [0.1, 0.15) is 50.0 Å². The molecule has 2 heterocycles. The van der Waals surface area contributed by atoms with E-state index in [1.165, 1.54) is 16.9 Å². The SMILES string of the molecule is CCCCCn1c(=S)[nH]c2sc3c(c2c1=O)CC[C@@H](C)C3. The van der Waals surface area contributed by atoms with Gasteiger partial charge in [-0.25, -0.2) is 0 Å². The fraction of sp³-hybridized carbons (Fsp3) is 0.625. The van der Waals surface area contributed by atoms with Crippen molar-refractivity contribution >= 4 is 33.8 Å². The van der Waals surface area contributed by atoms with Gasteiger partial charge in [0.2, 0.25) is 0 Å². The second-order valence-electron chi connectivity index (χ2n) is 6.15. The fourth-order valence-corrected chi connectivity index (χ4v) is 4.92. The van der Waals surface area contributed by atoms with Crippen LogP contribution in [0.4, 0.5) is 0 Å². The highest BCUT2D eigenvalue weighted by atomic mass is 32.1. The van der Waals surface area contributed by atoms with Crippen molar-refractivity contribution in [3.05, 3.63) is 25.6 Å². The smallest absolute Gasteiger partial charge is 0.263 e. The zero-order valence-corrected chi connectivity index (χ0v) is 14.3. The third-order valence-corrected chi connectivity index (χ3v) is 5.91. The maximum Gasteiger partial charge on any atom is 0.263 e. The van der Waals surface area contributed by atoms with Crippen LogP contribution in [0.15, 0.2) is 4.79 Å². The summed E-state index contributed by atoms with van der Waals surface area (Å²) in [5.41, 5.74) is 1.41. The van der Waals surface area contributed by atoms with Gasteiger partial charge >= 0.3 is 0 Å². The topological polar surface area (TPSA) is 37.8 Å². The molecule has 1 aliphatic carbocycles. The summed E-state index contributed by atoms with van der Waals surface area (Å²) in [6, 6.07) is 0. The Kier molecular flexibility index (Phi) is 4.31. The number of H-pyrrole nitrogens is 1. The Morgan fingerprint density at radius 1 is 1.43 bits per heavy atom. The monoisotopic (exact) mass is 322 g/mol. The van der Waals surface area contributed by atoms with Crippen molar-refractivity contribution in [3.8, 4) is 0 Å². The Balaban J connectivity index is 2.11. The predicted octanol–water partition coefficient (Wildman–Crippen LogP) is 4.44. The standard InChI is InChI=1S/C16H22N2OS2/c1-3-4-5-8-18-15(19)13-11-7-6-10(2)9-12(11)21-14(13)17-16(18)20/h10H,3-9H2,1-2H3,(H,17,20)/t10-/m1/s1. The molecule has 3 nitrogen and oxygen atoms in total. The minimum absolute atomic E-state index is 0.122. The summed E-state index contributed by atoms with van der Waals surface area (Å²) in [4.78, 5) is 18.5. The van der Waals surface area contributed by atoms with Gasteiger partial charge < -0.3 is 4.98 Å². The molecule has 0 amide bonds. The lowest BCUT2D eigenvalue weighted by Crippen LogP contribution is -2.23. The summed E-state index contributed by atoms with van der Waals surface area (Å²) in [5, 5.41) is 0.909. The molecule has 0 fully saturated rings. The van der Waals surface area contributed by atoms with Crippen molar-refractivity contribution in [3.63, 3.8) is 0 Å². The largest absolute Gasteiger partial charge is 0.323 e. The van der Waals surface area contributed by atoms with Crippen LogP contribution >= 0.6 is 23.6 Å². The zero-order valence-electron chi connectivity index (χ0n) is 12.7. The first-order valence-electron chi connectivity index (χ1n) is 7.89. The highest BCUT2D eigenvalue weighted by molar-refractivity contribution is 7.71. The number of aryl methyl sites for hydroxylation is 1. The summed E-state index contributed by atoms with van der Waals surface area (Å²) in [6.45, 7) is 5.20. The Labute approximate surface area is 134 Å². The van der Waals surface area contributed by atoms with E-state index in [0.717, 1.165) is 54.8 Å². The van der Waals surface area contributed by atoms with Crippen molar-refractivity contribution in [2.75, 3.05) is 0 Å². The molecule has 0 spiro atoms. The molecule has 0 radical (unpaired) electrons. The van der Waals surface area contributed by atoms with Crippen LogP contribution in [0, 0.1) is 10.7 Å². The van der Waals surface area contributed by atoms with Crippen molar-refractivity contribution in [1.29, 1.82) is 0 Å². The molecule has 1 atom stereocenters. The number of nitrogens with zero attached hydrogens (tertiary/aromatic N) is 1. The number of rotatable bonds is 4. The predicted molar refractivity (Wildman–Crippen MR) is 92.0 cm³/mol. The molecule has 2 aromatic rings. The first kappa shape index (κ1) is 15.0. The van der Waals surface area contributed by atoms with Gasteiger partial charge in [-0.15, -0.1) is 11.3 Å². The van der Waals surface area contributed by atoms with Crippen LogP contribution in [0.2, 0.25) is 0 Å². The van der Waals surface area contributed by atoms with Crippen molar-refractivity contribution in [2.24, 2.45) is 5.92 Å². The molecule has 0 bridgehead atoms. The molecule has 3 rings (SSSR count). The van der Waals surface area contributed by atoms with Crippen molar-refractivity contribution in [2.45, 2.75) is 58.9 Å². The first-order chi connectivity index (χ1) is 10.1. The third-order valence-electron chi connectivity index (χ3n) is 4.42. The molecule has 5 heteroatoms. The molecular weight excluding hydrogens is 300 g/mol. The molecule has 1 N–H and O–H groups in total. The summed E-state index contributed by atoms with van der Waals surface area (Å²) < 4.78 is 2.34. The van der Waals surface area contributed by atoms with E-state index >= 15 is 0 Å². The quantitative estimate of drug-likeness (QED) is 0.667. The van der Waals surface area contributed by atoms with E-state index in [0.29, 0.717) is 4.77 Å². The summed E-state index contributed by atoms with van der Waals surface area (Å²) in [7, 11) is 0. The summed E-state index contributed by atoms with van der Waals surface area (Å²) in [6.07, 6.45) is 6.63. The van der Waals surface area contributed by atoms with E-state index in [-0.39, 0.29) is 5.56 Å². The van der Waals surface area contributed by atoms with Gasteiger partial charge in [0.05, 0.1) is 5.39 Å². The molecule has 0 aromatic carbocycles. The van der Waals surface area contributed by atoms with E-state index in [2.05, 4.69) is 18.8 Å². The van der Waals surface area contributed by atoms with Crippen LogP contribution in [-0.4, -0.2) is 9.55 Å². The van der Waals surface area contributed by atoms with E-state index in [4.69, 9.17) is 12.2 Å². The lowest BCUT2D eigenvalue weighted by Gasteiger charge is -2.17. The van der Waals surface area contributed by atoms with Crippen molar-refractivity contribution in [1.82, 2.24) is 9.55 Å². The van der Waals surface area contributed by atoms with Crippen LogP contribution in [0.5, 0.6) is 0 Å². The van der Waals surface area contributed by atoms with Gasteiger partial charge in [0.1, 0.15) is 4.83 Å². The van der Waals surface area contributed by atoms with Crippen LogP contribution < -0.4 is 5.56 Å². The zero-order chi connectivity index (χ0) is 15.0. The maximum absolute atomic E-state index is 12.8. The van der Waals surface area contributed by atoms with E-state index in [9.17, 15) is 4.79 Å². The molecule has 0 saturated carbocycles. The van der Waals surface area contributed by atoms with E-state index < -0.39 is 0 Å². The molecule has 21 heavy (non-hydrogen) atoms. The van der Waals surface area contributed by atoms with Gasteiger partial charge in [0, 0.05) is 11.4 Å². The van der Waals surface area contributed by atoms with Gasteiger partial charge in [0.15, 0.2) is 4.77 Å². The van der Waals surface area contributed by atoms with Gasteiger partial charge in [0.25, 0.3) is 5.56 Å². The van der Waals surface area contributed by atoms with Crippen LogP contribution in [0.3, 0.4) is 0 Å². The number of hydrogen-bond donors (Lipinski definition) is 1. The molecule has 1 aliphatic rings. The van der Waals surface area contributed by atoms with Crippen molar-refractivity contribution < 1.29 is 0 Å². The Morgan fingerprint density at radius 2 is 2.24 bits per heavy atom. The Morgan fingerprint density at radius 3 is 3.00 bits per heavy atom. The summed E-state index contributed by atoms with van der Waals surface area (Å²) >= 11 is 7.13. The number of unbranched alkanes of at least 4 members (excludes halogenated alkanes) is 2. The maximum atomic E-state index is 12.8. The molecule has 0 unspecified atom stereocenters. The number of aromatic nitrogens is 2. The lowest BCUT2D eigenvalue weighted by molar-refractivity contribution is 0.508. The molecule has 0 aliphatic heterocycles. The van der Waals surface area contributed by atoms with Crippen LogP contribution in [0.25, 0.3) is 10.2 Å². The normalized spacial score (nSPS) is 18.1. The minimum Gasteiger partial charge on any atom is -0.323 e. The third kappa shape index (κ3) is 2.73. The summed E-state index contributed by atoms with van der Waals surface area (Å²) in [5.74, 6) is 0.723. The molecule has 114 valence electrons. The molecule has 0 saturated heterocycles. The highest BCUT2D eigenvalue weighted by Crippen LogP contribution is 2.35. The molecular formula is C16H22N2OS2. The lowest BCUT2D eigenvalue weighted by atomic mass is 9.89. The van der Waals surface area contributed by atoms with Gasteiger partial charge in [-0.3, -0.25) is 9.36 Å². The minimum atomic E-state index is 0.122. The fourth-order valence-electron chi connectivity index (χ4n) is 3.18. The number of thiophene rings is 1. The second kappa shape index (κ2) is 6.05. The molecule has 2 aromatic heterocycles. The Hall–Kier alpha value is -0.940. The number of hydrogen-bond acceptors (Lipinski definition) is 3. The number of fused-ring (bicyclic) bond motifs is 3. The van der Waals surface area contributed by atoms with Gasteiger partial charge in [-0.1, -0.05) is 26.7 Å². The van der Waals surface area contributed by atoms with Gasteiger partial charge in [-0.2, -0.15) is 0 Å². The number of aromatic amines is 1. The second-order valence-corrected chi connectivity index (χ2v) is 7.64. The average Bonchev–Trinajstić information content (AvgIpc) is 2.79. The first-order valence-corrected chi connectivity index (χ1v) is 9.11. The highest BCUT2D eigenvalue weighted by Gasteiger charge is 2.23. The number of nitrogens with one attached hydrogen (secondary N) is 1. The van der Waals surface area contributed by atoms with E-state index in [1.54, 1.807) is 15.9 Å². The average molecular weight is 322 g/mol. The Bertz CT molecular complexity index is 769. The van der Waals surface area contributed by atoms with Gasteiger partial charge in [-0.05, 0) is 49.4 Å². The van der Waals surface area contributed by atoms with Crippen LogP contribution in [-0.2, 0) is 19.4 Å².